The minimum Gasteiger partial charge on any atom is -0.323 e. The van der Waals surface area contributed by atoms with Gasteiger partial charge in [-0.05, 0) is 30.7 Å². The lowest BCUT2D eigenvalue weighted by Crippen LogP contribution is -2.58. The molecule has 0 radical (unpaired) electrons. The van der Waals surface area contributed by atoms with E-state index in [9.17, 15) is 0 Å². The molecule has 0 aromatic heterocycles. The van der Waals surface area contributed by atoms with Gasteiger partial charge in [0.25, 0.3) is 0 Å². The zero-order valence-corrected chi connectivity index (χ0v) is 17.0. The van der Waals surface area contributed by atoms with Crippen LogP contribution in [0, 0.1) is 16.9 Å². The second-order valence-corrected chi connectivity index (χ2v) is 13.2. The molecule has 4 rings (SSSR count). The van der Waals surface area contributed by atoms with E-state index in [0.717, 1.165) is 17.5 Å². The number of unbranched alkanes of at least 4 members (excludes halogenated alkanes) is 2. The smallest absolute Gasteiger partial charge is 0.312 e. The average molecular weight is 359 g/mol. The first-order valence-electron chi connectivity index (χ1n) is 9.42. The number of fused-ring (bicyclic) bond motifs is 3. The van der Waals surface area contributed by atoms with Gasteiger partial charge < -0.3 is 14.2 Å². The molecule has 25 heavy (non-hydrogen) atoms. The Hall–Kier alpha value is -1.12. The Morgan fingerprint density at radius 2 is 1.56 bits per heavy atom. The first kappa shape index (κ1) is 18.7. The van der Waals surface area contributed by atoms with Crippen molar-refractivity contribution >= 4 is 8.07 Å². The lowest BCUT2D eigenvalue weighted by Gasteiger charge is -2.52. The van der Waals surface area contributed by atoms with Gasteiger partial charge in [0.1, 0.15) is 8.07 Å². The molecule has 0 amide bonds. The first-order chi connectivity index (χ1) is 11.9. The molecule has 3 aliphatic rings. The maximum atomic E-state index is 6.07. The van der Waals surface area contributed by atoms with E-state index < -0.39 is 14.0 Å². The molecule has 2 bridgehead atoms. The molecule has 4 heteroatoms. The number of rotatable bonds is 5. The quantitative estimate of drug-likeness (QED) is 0.435. The van der Waals surface area contributed by atoms with Crippen LogP contribution in [-0.4, -0.2) is 27.9 Å². The lowest BCUT2D eigenvalue weighted by molar-refractivity contribution is -0.480. The summed E-state index contributed by atoms with van der Waals surface area (Å²) in [7, 11) is -1.36. The van der Waals surface area contributed by atoms with Crippen LogP contribution in [0.25, 0.3) is 0 Å². The van der Waals surface area contributed by atoms with Gasteiger partial charge in [0, 0.05) is 16.5 Å². The molecule has 0 unspecified atom stereocenters. The van der Waals surface area contributed by atoms with Crippen molar-refractivity contribution in [2.45, 2.75) is 58.2 Å². The summed E-state index contributed by atoms with van der Waals surface area (Å²) >= 11 is 0. The molecule has 0 aliphatic carbocycles. The van der Waals surface area contributed by atoms with Crippen molar-refractivity contribution in [3.8, 4) is 11.5 Å². The summed E-state index contributed by atoms with van der Waals surface area (Å²) in [6.07, 6.45) is 4.81. The van der Waals surface area contributed by atoms with Gasteiger partial charge in [-0.25, -0.2) is 0 Å². The molecule has 0 saturated carbocycles. The fourth-order valence-corrected chi connectivity index (χ4v) is 3.75. The van der Waals surface area contributed by atoms with E-state index in [1.165, 1.54) is 19.3 Å². The highest BCUT2D eigenvalue weighted by Gasteiger charge is 2.53. The highest BCUT2D eigenvalue weighted by Crippen LogP contribution is 2.46. The predicted molar refractivity (Wildman–Crippen MR) is 103 cm³/mol. The van der Waals surface area contributed by atoms with E-state index in [4.69, 9.17) is 14.2 Å². The van der Waals surface area contributed by atoms with E-state index in [1.54, 1.807) is 0 Å². The Balaban J connectivity index is 1.67. The standard InChI is InChI=1S/C21H30O3Si/c1-5-6-7-13-20-15-22-21(23-16-20,24-17-20)19-10-8-18(9-11-19)12-14-25(2,3)4/h8-11H,5-7,13,15-17H2,1-4H3. The van der Waals surface area contributed by atoms with E-state index in [1.807, 2.05) is 24.3 Å². The molecule has 0 N–H and O–H groups in total. The topological polar surface area (TPSA) is 27.7 Å². The summed E-state index contributed by atoms with van der Waals surface area (Å²) < 4.78 is 18.2. The summed E-state index contributed by atoms with van der Waals surface area (Å²) in [6, 6.07) is 8.10. The Kier molecular flexibility index (Phi) is 5.41. The molecule has 1 aromatic rings. The van der Waals surface area contributed by atoms with Crippen LogP contribution >= 0.6 is 0 Å². The zero-order chi connectivity index (χ0) is 18.0. The van der Waals surface area contributed by atoms with Crippen LogP contribution in [0.1, 0.15) is 43.7 Å². The van der Waals surface area contributed by atoms with Crippen molar-refractivity contribution in [2.24, 2.45) is 5.41 Å². The van der Waals surface area contributed by atoms with Crippen molar-refractivity contribution in [1.29, 1.82) is 0 Å². The number of benzene rings is 1. The number of hydrogen-bond donors (Lipinski definition) is 0. The van der Waals surface area contributed by atoms with E-state index in [0.29, 0.717) is 19.8 Å². The molecule has 136 valence electrons. The normalized spacial score (nSPS) is 28.5. The minimum atomic E-state index is -1.36. The van der Waals surface area contributed by atoms with Crippen LogP contribution < -0.4 is 0 Å². The van der Waals surface area contributed by atoms with E-state index in [-0.39, 0.29) is 5.41 Å². The van der Waals surface area contributed by atoms with E-state index >= 15 is 0 Å². The Labute approximate surface area is 153 Å². The molecule has 0 spiro atoms. The largest absolute Gasteiger partial charge is 0.323 e. The Morgan fingerprint density at radius 3 is 2.08 bits per heavy atom. The van der Waals surface area contributed by atoms with Crippen molar-refractivity contribution in [2.75, 3.05) is 19.8 Å². The van der Waals surface area contributed by atoms with Crippen LogP contribution in [0.4, 0.5) is 0 Å². The molecule has 3 aliphatic heterocycles. The molecule has 3 heterocycles. The summed E-state index contributed by atoms with van der Waals surface area (Å²) in [5, 5.41) is 0. The summed E-state index contributed by atoms with van der Waals surface area (Å²) in [5.74, 6) is 2.26. The molecular weight excluding hydrogens is 328 g/mol. The van der Waals surface area contributed by atoms with Gasteiger partial charge in [0.15, 0.2) is 0 Å². The molecular formula is C21H30O3Si. The van der Waals surface area contributed by atoms with Gasteiger partial charge in [-0.15, -0.1) is 5.54 Å². The average Bonchev–Trinajstić information content (AvgIpc) is 2.62. The Bertz CT molecular complexity index is 624. The third-order valence-corrected chi connectivity index (χ3v) is 5.71. The van der Waals surface area contributed by atoms with Gasteiger partial charge in [0.05, 0.1) is 19.8 Å². The van der Waals surface area contributed by atoms with Crippen LogP contribution in [-0.2, 0) is 20.2 Å². The molecule has 3 nitrogen and oxygen atoms in total. The molecule has 3 fully saturated rings. The Morgan fingerprint density at radius 1 is 0.960 bits per heavy atom. The molecule has 0 atom stereocenters. The van der Waals surface area contributed by atoms with Gasteiger partial charge in [-0.1, -0.05) is 51.7 Å². The van der Waals surface area contributed by atoms with Gasteiger partial charge >= 0.3 is 5.97 Å². The fraction of sp³-hybridized carbons (Fsp3) is 0.619. The van der Waals surface area contributed by atoms with Crippen molar-refractivity contribution in [1.82, 2.24) is 0 Å². The van der Waals surface area contributed by atoms with Crippen LogP contribution in [0.2, 0.25) is 19.6 Å². The number of ether oxygens (including phenoxy) is 3. The maximum absolute atomic E-state index is 6.07. The summed E-state index contributed by atoms with van der Waals surface area (Å²) in [6.45, 7) is 11.1. The SMILES string of the molecule is CCCCCC12COC(c3ccc(C#C[Si](C)(C)C)cc3)(OC1)OC2. The van der Waals surface area contributed by atoms with Crippen molar-refractivity contribution < 1.29 is 14.2 Å². The second-order valence-electron chi connectivity index (χ2n) is 8.46. The minimum absolute atomic E-state index is 0.0413. The molecule has 1 aromatic carbocycles. The van der Waals surface area contributed by atoms with Crippen molar-refractivity contribution in [3.05, 3.63) is 35.4 Å². The summed E-state index contributed by atoms with van der Waals surface area (Å²) in [4.78, 5) is 0. The monoisotopic (exact) mass is 358 g/mol. The van der Waals surface area contributed by atoms with Crippen LogP contribution in [0.15, 0.2) is 24.3 Å². The molecule has 3 saturated heterocycles. The summed E-state index contributed by atoms with van der Waals surface area (Å²) in [5.41, 5.74) is 5.39. The lowest BCUT2D eigenvalue weighted by atomic mass is 9.83. The third-order valence-electron chi connectivity index (χ3n) is 4.84. The van der Waals surface area contributed by atoms with Crippen LogP contribution in [0.3, 0.4) is 0 Å². The third kappa shape index (κ3) is 4.35. The van der Waals surface area contributed by atoms with Gasteiger partial charge in [0.2, 0.25) is 0 Å². The van der Waals surface area contributed by atoms with Crippen molar-refractivity contribution in [3.63, 3.8) is 0 Å². The highest BCUT2D eigenvalue weighted by atomic mass is 28.3. The second kappa shape index (κ2) is 7.24. The number of hydrogen-bond acceptors (Lipinski definition) is 3. The predicted octanol–water partition coefficient (Wildman–Crippen LogP) is 4.67. The van der Waals surface area contributed by atoms with Gasteiger partial charge in [-0.2, -0.15) is 0 Å². The fourth-order valence-electron chi connectivity index (χ4n) is 3.23. The first-order valence-corrected chi connectivity index (χ1v) is 12.9. The van der Waals surface area contributed by atoms with Gasteiger partial charge in [-0.3, -0.25) is 0 Å². The van der Waals surface area contributed by atoms with E-state index in [2.05, 4.69) is 38.0 Å². The highest BCUT2D eigenvalue weighted by molar-refractivity contribution is 6.83. The van der Waals surface area contributed by atoms with Crippen LogP contribution in [0.5, 0.6) is 0 Å². The zero-order valence-electron chi connectivity index (χ0n) is 16.0. The maximum Gasteiger partial charge on any atom is 0.312 e.